The summed E-state index contributed by atoms with van der Waals surface area (Å²) < 4.78 is 0. The van der Waals surface area contributed by atoms with E-state index in [-0.39, 0.29) is 0 Å². The third kappa shape index (κ3) is 3.42. The topological polar surface area (TPSA) is 0 Å². The Morgan fingerprint density at radius 3 is 2.71 bits per heavy atom. The zero-order valence-corrected chi connectivity index (χ0v) is 11.0. The predicted molar refractivity (Wildman–Crippen MR) is 68.0 cm³/mol. The van der Waals surface area contributed by atoms with Gasteiger partial charge in [-0.1, -0.05) is 54.3 Å². The van der Waals surface area contributed by atoms with Crippen LogP contribution in [0.2, 0.25) is 0 Å². The molecule has 1 aliphatic carbocycles. The molecule has 1 atom stereocenters. The molecule has 0 heterocycles. The van der Waals surface area contributed by atoms with Gasteiger partial charge in [0.25, 0.3) is 0 Å². The lowest BCUT2D eigenvalue weighted by atomic mass is 9.69. The van der Waals surface area contributed by atoms with Gasteiger partial charge in [0.1, 0.15) is 0 Å². The molecule has 0 saturated heterocycles. The molecule has 1 rings (SSSR count). The van der Waals surface area contributed by atoms with Crippen molar-refractivity contribution in [1.82, 2.24) is 0 Å². The minimum atomic E-state index is 0.477. The van der Waals surface area contributed by atoms with Gasteiger partial charge in [-0.2, -0.15) is 0 Å². The first-order valence-electron chi connectivity index (χ1n) is 5.93. The minimum absolute atomic E-state index is 0.477. The fourth-order valence-electron chi connectivity index (χ4n) is 2.42. The maximum Gasteiger partial charge on any atom is 0.00313 e. The SMILES string of the molecule is C=C1CCCCC1(C)CCCCCBr. The first-order chi connectivity index (χ1) is 6.69. The Bertz CT molecular complexity index is 186. The zero-order chi connectivity index (χ0) is 10.4. The summed E-state index contributed by atoms with van der Waals surface area (Å²) in [7, 11) is 0. The Labute approximate surface area is 97.3 Å². The fourth-order valence-corrected chi connectivity index (χ4v) is 2.82. The van der Waals surface area contributed by atoms with Crippen molar-refractivity contribution in [3.63, 3.8) is 0 Å². The second kappa shape index (κ2) is 5.95. The highest BCUT2D eigenvalue weighted by Gasteiger charge is 2.29. The third-order valence-electron chi connectivity index (χ3n) is 3.67. The number of alkyl halides is 1. The molecule has 0 spiro atoms. The van der Waals surface area contributed by atoms with Crippen LogP contribution in [0.15, 0.2) is 12.2 Å². The van der Waals surface area contributed by atoms with Crippen LogP contribution in [0.5, 0.6) is 0 Å². The minimum Gasteiger partial charge on any atom is -0.0993 e. The first-order valence-corrected chi connectivity index (χ1v) is 7.05. The molecule has 82 valence electrons. The largest absolute Gasteiger partial charge is 0.0993 e. The molecule has 0 aromatic heterocycles. The molecule has 14 heavy (non-hydrogen) atoms. The summed E-state index contributed by atoms with van der Waals surface area (Å²) in [5.74, 6) is 0. The second-order valence-corrected chi connectivity index (χ2v) is 5.66. The lowest BCUT2D eigenvalue weighted by Gasteiger charge is -2.36. The Kier molecular flexibility index (Phi) is 5.22. The van der Waals surface area contributed by atoms with Gasteiger partial charge in [0.15, 0.2) is 0 Å². The maximum absolute atomic E-state index is 4.26. The van der Waals surface area contributed by atoms with Gasteiger partial charge in [-0.3, -0.25) is 0 Å². The molecule has 0 aromatic carbocycles. The highest BCUT2D eigenvalue weighted by Crippen LogP contribution is 2.43. The van der Waals surface area contributed by atoms with E-state index in [1.54, 1.807) is 0 Å². The van der Waals surface area contributed by atoms with Crippen LogP contribution in [-0.4, -0.2) is 5.33 Å². The molecule has 0 N–H and O–H groups in total. The average molecular weight is 259 g/mol. The molecule has 1 unspecified atom stereocenters. The van der Waals surface area contributed by atoms with Gasteiger partial charge in [-0.15, -0.1) is 0 Å². The number of hydrogen-bond donors (Lipinski definition) is 0. The summed E-state index contributed by atoms with van der Waals surface area (Å²) in [5.41, 5.74) is 1.99. The van der Waals surface area contributed by atoms with Crippen molar-refractivity contribution in [2.24, 2.45) is 5.41 Å². The van der Waals surface area contributed by atoms with Gasteiger partial charge in [-0.05, 0) is 37.5 Å². The molecule has 0 nitrogen and oxygen atoms in total. The second-order valence-electron chi connectivity index (χ2n) is 4.87. The number of halogens is 1. The number of allylic oxidation sites excluding steroid dienone is 1. The van der Waals surface area contributed by atoms with Crippen molar-refractivity contribution in [3.05, 3.63) is 12.2 Å². The molecular weight excluding hydrogens is 236 g/mol. The van der Waals surface area contributed by atoms with E-state index in [0.717, 1.165) is 5.33 Å². The van der Waals surface area contributed by atoms with Crippen LogP contribution in [0, 0.1) is 5.41 Å². The highest BCUT2D eigenvalue weighted by molar-refractivity contribution is 9.09. The van der Waals surface area contributed by atoms with Crippen molar-refractivity contribution in [2.75, 3.05) is 5.33 Å². The fraction of sp³-hybridized carbons (Fsp3) is 0.846. The average Bonchev–Trinajstić information content (AvgIpc) is 2.18. The Morgan fingerprint density at radius 1 is 1.29 bits per heavy atom. The van der Waals surface area contributed by atoms with Crippen molar-refractivity contribution >= 4 is 15.9 Å². The van der Waals surface area contributed by atoms with Crippen molar-refractivity contribution in [2.45, 2.75) is 58.3 Å². The normalized spacial score (nSPS) is 28.0. The summed E-state index contributed by atoms with van der Waals surface area (Å²) in [6.07, 6.45) is 10.9. The van der Waals surface area contributed by atoms with Crippen LogP contribution >= 0.6 is 15.9 Å². The Hall–Kier alpha value is 0.220. The van der Waals surface area contributed by atoms with Gasteiger partial charge in [0.2, 0.25) is 0 Å². The van der Waals surface area contributed by atoms with E-state index in [4.69, 9.17) is 0 Å². The van der Waals surface area contributed by atoms with Gasteiger partial charge in [0.05, 0.1) is 0 Å². The third-order valence-corrected chi connectivity index (χ3v) is 4.23. The van der Waals surface area contributed by atoms with Crippen LogP contribution in [0.25, 0.3) is 0 Å². The molecule has 0 aliphatic heterocycles. The van der Waals surface area contributed by atoms with Crippen LogP contribution < -0.4 is 0 Å². The lowest BCUT2D eigenvalue weighted by molar-refractivity contribution is 0.273. The zero-order valence-electron chi connectivity index (χ0n) is 9.45. The standard InChI is InChI=1S/C13H23Br/c1-12-8-4-6-10-13(12,2)9-5-3-7-11-14/h1,3-11H2,2H3. The predicted octanol–water partition coefficient (Wildman–Crippen LogP) is 5.08. The molecule has 0 aromatic rings. The monoisotopic (exact) mass is 258 g/mol. The van der Waals surface area contributed by atoms with Crippen LogP contribution in [0.3, 0.4) is 0 Å². The molecule has 1 aliphatic rings. The van der Waals surface area contributed by atoms with Gasteiger partial charge >= 0.3 is 0 Å². The Morgan fingerprint density at radius 2 is 2.07 bits per heavy atom. The Balaban J connectivity index is 2.28. The van der Waals surface area contributed by atoms with E-state index in [9.17, 15) is 0 Å². The van der Waals surface area contributed by atoms with Crippen molar-refractivity contribution in [1.29, 1.82) is 0 Å². The molecule has 0 amide bonds. The van der Waals surface area contributed by atoms with E-state index in [2.05, 4.69) is 29.4 Å². The van der Waals surface area contributed by atoms with Gasteiger partial charge in [0, 0.05) is 5.33 Å². The van der Waals surface area contributed by atoms with Crippen LogP contribution in [-0.2, 0) is 0 Å². The number of unbranched alkanes of at least 4 members (excludes halogenated alkanes) is 2. The van der Waals surface area contributed by atoms with Crippen molar-refractivity contribution < 1.29 is 0 Å². The molecule has 1 saturated carbocycles. The molecule has 0 bridgehead atoms. The smallest absolute Gasteiger partial charge is 0.00313 e. The number of hydrogen-bond acceptors (Lipinski definition) is 0. The van der Waals surface area contributed by atoms with Crippen LogP contribution in [0.1, 0.15) is 58.3 Å². The van der Waals surface area contributed by atoms with E-state index in [1.165, 1.54) is 56.9 Å². The molecule has 1 fully saturated rings. The van der Waals surface area contributed by atoms with E-state index in [1.807, 2.05) is 0 Å². The lowest BCUT2D eigenvalue weighted by Crippen LogP contribution is -2.22. The van der Waals surface area contributed by atoms with Crippen molar-refractivity contribution in [3.8, 4) is 0 Å². The van der Waals surface area contributed by atoms with Gasteiger partial charge < -0.3 is 0 Å². The van der Waals surface area contributed by atoms with E-state index < -0.39 is 0 Å². The summed E-state index contributed by atoms with van der Waals surface area (Å²) in [6.45, 7) is 6.68. The molecular formula is C13H23Br. The number of rotatable bonds is 5. The summed E-state index contributed by atoms with van der Waals surface area (Å²) in [6, 6.07) is 0. The summed E-state index contributed by atoms with van der Waals surface area (Å²) in [4.78, 5) is 0. The van der Waals surface area contributed by atoms with E-state index in [0.29, 0.717) is 5.41 Å². The molecule has 1 heteroatoms. The first kappa shape index (κ1) is 12.3. The van der Waals surface area contributed by atoms with E-state index >= 15 is 0 Å². The summed E-state index contributed by atoms with van der Waals surface area (Å²) in [5, 5.41) is 1.16. The van der Waals surface area contributed by atoms with Gasteiger partial charge in [-0.25, -0.2) is 0 Å². The highest BCUT2D eigenvalue weighted by atomic mass is 79.9. The summed E-state index contributed by atoms with van der Waals surface area (Å²) >= 11 is 3.48. The quantitative estimate of drug-likeness (QED) is 0.367. The van der Waals surface area contributed by atoms with Crippen LogP contribution in [0.4, 0.5) is 0 Å². The maximum atomic E-state index is 4.26. The molecule has 0 radical (unpaired) electrons.